The van der Waals surface area contributed by atoms with Crippen LogP contribution in [0.15, 0.2) is 67.2 Å². The Bertz CT molecular complexity index is 625. The Kier molecular flexibility index (Phi) is 6.78. The monoisotopic (exact) mass is 343 g/mol. The van der Waals surface area contributed by atoms with Crippen LogP contribution in [0, 0.1) is 0 Å². The van der Waals surface area contributed by atoms with Crippen molar-refractivity contribution in [2.75, 3.05) is 0 Å². The molecule has 1 aromatic carbocycles. The summed E-state index contributed by atoms with van der Waals surface area (Å²) in [7, 11) is -2.06. The van der Waals surface area contributed by atoms with Crippen molar-refractivity contribution in [2.45, 2.75) is 45.8 Å². The van der Waals surface area contributed by atoms with Crippen LogP contribution < -0.4 is 0 Å². The van der Waals surface area contributed by atoms with E-state index in [4.69, 9.17) is 4.43 Å². The van der Waals surface area contributed by atoms with Crippen molar-refractivity contribution in [1.29, 1.82) is 0 Å². The van der Waals surface area contributed by atoms with E-state index in [0.717, 1.165) is 0 Å². The lowest BCUT2D eigenvalue weighted by Gasteiger charge is -2.39. The van der Waals surface area contributed by atoms with E-state index in [2.05, 4.69) is 40.4 Å². The summed E-state index contributed by atoms with van der Waals surface area (Å²) >= 11 is 0. The van der Waals surface area contributed by atoms with Crippen molar-refractivity contribution in [1.82, 2.24) is 4.90 Å². The molecule has 1 rings (SSSR count). The van der Waals surface area contributed by atoms with E-state index in [1.54, 1.807) is 35.4 Å². The van der Waals surface area contributed by atoms with Gasteiger partial charge in [0.25, 0.3) is 14.2 Å². The molecule has 0 aliphatic heterocycles. The molecule has 1 aromatic rings. The van der Waals surface area contributed by atoms with Gasteiger partial charge in [0.05, 0.1) is 0 Å². The number of hydrogen-bond acceptors (Lipinski definition) is 2. The fraction of sp³-hybridized carbons (Fsp3) is 0.350. The first-order valence-corrected chi connectivity index (χ1v) is 11.1. The molecule has 0 saturated heterocycles. The third-order valence-electron chi connectivity index (χ3n) is 4.26. The Morgan fingerprint density at radius 2 is 1.79 bits per heavy atom. The minimum Gasteiger partial charge on any atom is -0.532 e. The van der Waals surface area contributed by atoms with E-state index in [1.807, 2.05) is 31.2 Å². The van der Waals surface area contributed by atoms with Crippen LogP contribution in [0.1, 0.15) is 38.1 Å². The maximum Gasteiger partial charge on any atom is 0.264 e. The summed E-state index contributed by atoms with van der Waals surface area (Å²) in [6.45, 7) is 16.4. The molecule has 0 heterocycles. The van der Waals surface area contributed by atoms with Gasteiger partial charge in [0.15, 0.2) is 5.88 Å². The maximum atomic E-state index is 12.9. The molecule has 0 aliphatic carbocycles. The summed E-state index contributed by atoms with van der Waals surface area (Å²) in [5.74, 6) is 0.439. The molecule has 0 atom stereocenters. The van der Waals surface area contributed by atoms with Gasteiger partial charge < -0.3 is 4.43 Å². The highest BCUT2D eigenvalue weighted by atomic mass is 28.4. The summed E-state index contributed by atoms with van der Waals surface area (Å²) < 4.78 is 6.37. The minimum atomic E-state index is -2.06. The normalized spacial score (nSPS) is 13.0. The van der Waals surface area contributed by atoms with E-state index in [0.29, 0.717) is 11.4 Å². The summed E-state index contributed by atoms with van der Waals surface area (Å²) in [6.07, 6.45) is 6.92. The largest absolute Gasteiger partial charge is 0.532 e. The molecule has 3 nitrogen and oxygen atoms in total. The standard InChI is InChI=1S/C20H29NO2Si/c1-8-10-16-21(19(22)17-14-12-11-13-15-17)18(9-2)23-24(6,7)20(3,4)5/h8-16H,1H2,2-7H3/b16-10+,18-9-. The highest BCUT2D eigenvalue weighted by Crippen LogP contribution is 2.38. The zero-order chi connectivity index (χ0) is 18.4. The van der Waals surface area contributed by atoms with Gasteiger partial charge in [-0.1, -0.05) is 51.6 Å². The zero-order valence-corrected chi connectivity index (χ0v) is 16.7. The molecule has 0 unspecified atom stereocenters. The quantitative estimate of drug-likeness (QED) is 0.376. The summed E-state index contributed by atoms with van der Waals surface area (Å²) in [6, 6.07) is 9.20. The number of rotatable bonds is 6. The van der Waals surface area contributed by atoms with Gasteiger partial charge in [0, 0.05) is 11.8 Å². The van der Waals surface area contributed by atoms with Crippen LogP contribution in [-0.2, 0) is 4.43 Å². The number of amides is 1. The van der Waals surface area contributed by atoms with Crippen molar-refractivity contribution in [3.63, 3.8) is 0 Å². The minimum absolute atomic E-state index is 0.0465. The first-order valence-electron chi connectivity index (χ1n) is 8.17. The zero-order valence-electron chi connectivity index (χ0n) is 15.7. The van der Waals surface area contributed by atoms with Gasteiger partial charge in [-0.05, 0) is 49.3 Å². The molecule has 0 aromatic heterocycles. The fourth-order valence-electron chi connectivity index (χ4n) is 1.77. The Labute approximate surface area is 147 Å². The van der Waals surface area contributed by atoms with Gasteiger partial charge in [-0.3, -0.25) is 9.69 Å². The molecule has 0 spiro atoms. The first-order chi connectivity index (χ1) is 11.1. The molecule has 0 radical (unpaired) electrons. The van der Waals surface area contributed by atoms with E-state index in [-0.39, 0.29) is 10.9 Å². The van der Waals surface area contributed by atoms with Gasteiger partial charge in [-0.25, -0.2) is 0 Å². The Morgan fingerprint density at radius 3 is 2.25 bits per heavy atom. The Hall–Kier alpha value is -2.07. The molecule has 1 amide bonds. The van der Waals surface area contributed by atoms with Crippen molar-refractivity contribution in [3.8, 4) is 0 Å². The molecule has 0 aliphatic rings. The van der Waals surface area contributed by atoms with Crippen LogP contribution in [0.25, 0.3) is 0 Å². The molecular formula is C20H29NO2Si. The van der Waals surface area contributed by atoms with Crippen LogP contribution in [0.2, 0.25) is 18.1 Å². The van der Waals surface area contributed by atoms with E-state index >= 15 is 0 Å². The molecule has 0 saturated carbocycles. The molecule has 0 N–H and O–H groups in total. The van der Waals surface area contributed by atoms with E-state index in [9.17, 15) is 4.79 Å². The van der Waals surface area contributed by atoms with E-state index < -0.39 is 8.32 Å². The maximum absolute atomic E-state index is 12.9. The highest BCUT2D eigenvalue weighted by molar-refractivity contribution is 6.74. The van der Waals surface area contributed by atoms with Gasteiger partial charge in [-0.15, -0.1) is 0 Å². The highest BCUT2D eigenvalue weighted by Gasteiger charge is 2.40. The Morgan fingerprint density at radius 1 is 1.21 bits per heavy atom. The van der Waals surface area contributed by atoms with Gasteiger partial charge in [0.1, 0.15) is 0 Å². The van der Waals surface area contributed by atoms with Crippen LogP contribution >= 0.6 is 0 Å². The number of carbonyl (C=O) groups is 1. The smallest absolute Gasteiger partial charge is 0.264 e. The molecule has 130 valence electrons. The van der Waals surface area contributed by atoms with Crippen molar-refractivity contribution in [3.05, 3.63) is 72.8 Å². The summed E-state index contributed by atoms with van der Waals surface area (Å²) in [5.41, 5.74) is 0.615. The number of nitrogens with zero attached hydrogens (tertiary/aromatic N) is 1. The molecular weight excluding hydrogens is 314 g/mol. The van der Waals surface area contributed by atoms with Gasteiger partial charge in [-0.2, -0.15) is 0 Å². The predicted molar refractivity (Wildman–Crippen MR) is 104 cm³/mol. The third-order valence-corrected chi connectivity index (χ3v) is 8.59. The number of allylic oxidation sites excluding steroid dienone is 3. The van der Waals surface area contributed by atoms with Crippen molar-refractivity contribution in [2.24, 2.45) is 0 Å². The third kappa shape index (κ3) is 4.96. The lowest BCUT2D eigenvalue weighted by atomic mass is 10.2. The lowest BCUT2D eigenvalue weighted by molar-refractivity contribution is 0.0805. The van der Waals surface area contributed by atoms with Crippen LogP contribution in [0.5, 0.6) is 0 Å². The van der Waals surface area contributed by atoms with Gasteiger partial charge >= 0.3 is 0 Å². The van der Waals surface area contributed by atoms with E-state index in [1.165, 1.54) is 0 Å². The second-order valence-electron chi connectivity index (χ2n) is 7.11. The predicted octanol–water partition coefficient (Wildman–Crippen LogP) is 5.71. The average molecular weight is 344 g/mol. The second kappa shape index (κ2) is 8.15. The molecule has 0 fully saturated rings. The fourth-order valence-corrected chi connectivity index (χ4v) is 2.81. The van der Waals surface area contributed by atoms with Gasteiger partial charge in [0.2, 0.25) is 0 Å². The average Bonchev–Trinajstić information content (AvgIpc) is 2.53. The first kappa shape index (κ1) is 20.0. The Balaban J connectivity index is 3.21. The molecule has 0 bridgehead atoms. The SMILES string of the molecule is C=C/C=C/N(C(=O)c1ccccc1)/C(=C/C)O[Si](C)(C)C(C)(C)C. The molecule has 4 heteroatoms. The lowest BCUT2D eigenvalue weighted by Crippen LogP contribution is -2.43. The molecule has 24 heavy (non-hydrogen) atoms. The second-order valence-corrected chi connectivity index (χ2v) is 11.8. The summed E-state index contributed by atoms with van der Waals surface area (Å²) in [4.78, 5) is 14.5. The summed E-state index contributed by atoms with van der Waals surface area (Å²) in [5, 5.41) is 0.0465. The number of hydrogen-bond donors (Lipinski definition) is 0. The van der Waals surface area contributed by atoms with Crippen molar-refractivity contribution >= 4 is 14.2 Å². The van der Waals surface area contributed by atoms with Crippen molar-refractivity contribution < 1.29 is 9.22 Å². The van der Waals surface area contributed by atoms with Crippen LogP contribution in [0.3, 0.4) is 0 Å². The van der Waals surface area contributed by atoms with Crippen LogP contribution in [-0.4, -0.2) is 19.1 Å². The van der Waals surface area contributed by atoms with Crippen LogP contribution in [0.4, 0.5) is 0 Å². The number of benzene rings is 1. The topological polar surface area (TPSA) is 29.5 Å². The number of carbonyl (C=O) groups excluding carboxylic acids is 1.